The number of aromatic carboxylic acids is 1. The monoisotopic (exact) mass is 594 g/mol. The van der Waals surface area contributed by atoms with Gasteiger partial charge in [-0.15, -0.1) is 0 Å². The number of halogens is 1. The maximum absolute atomic E-state index is 12.8. The van der Waals surface area contributed by atoms with Crippen LogP contribution in [-0.4, -0.2) is 37.8 Å². The largest absolute Gasteiger partial charge is 0.497 e. The predicted octanol–water partition coefficient (Wildman–Crippen LogP) is 5.37. The highest BCUT2D eigenvalue weighted by atomic mass is 79.9. The zero-order valence-corrected chi connectivity index (χ0v) is 23.2. The minimum absolute atomic E-state index is 0.0935. The average Bonchev–Trinajstić information content (AvgIpc) is 2.94. The quantitative estimate of drug-likeness (QED) is 0.212. The van der Waals surface area contributed by atoms with E-state index in [1.807, 2.05) is 13.0 Å². The first-order valence-electron chi connectivity index (χ1n) is 11.8. The van der Waals surface area contributed by atoms with E-state index in [0.717, 1.165) is 11.1 Å². The molecule has 0 aliphatic rings. The van der Waals surface area contributed by atoms with Gasteiger partial charge in [0.2, 0.25) is 0 Å². The summed E-state index contributed by atoms with van der Waals surface area (Å²) in [5, 5.41) is 21.5. The summed E-state index contributed by atoms with van der Waals surface area (Å²) in [6, 6.07) is 16.9. The van der Waals surface area contributed by atoms with Crippen molar-refractivity contribution < 1.29 is 33.6 Å². The molecule has 9 nitrogen and oxygen atoms in total. The molecule has 0 bridgehead atoms. The molecule has 2 N–H and O–H groups in total. The van der Waals surface area contributed by atoms with Gasteiger partial charge in [-0.3, -0.25) is 4.79 Å². The first kappa shape index (κ1) is 29.1. The fraction of sp³-hybridized carbons (Fsp3) is 0.207. The molecule has 0 saturated heterocycles. The van der Waals surface area contributed by atoms with Crippen LogP contribution in [0.15, 0.2) is 64.6 Å². The van der Waals surface area contributed by atoms with Gasteiger partial charge in [0.05, 0.1) is 30.9 Å². The smallest absolute Gasteiger partial charge is 0.335 e. The van der Waals surface area contributed by atoms with Crippen LogP contribution in [0.2, 0.25) is 0 Å². The van der Waals surface area contributed by atoms with Crippen molar-refractivity contribution in [3.8, 4) is 29.1 Å². The van der Waals surface area contributed by atoms with Crippen LogP contribution in [0, 0.1) is 11.3 Å². The van der Waals surface area contributed by atoms with Crippen molar-refractivity contribution >= 4 is 33.9 Å². The number of carbonyl (C=O) groups is 2. The lowest BCUT2D eigenvalue weighted by Crippen LogP contribution is -2.24. The molecule has 0 radical (unpaired) electrons. The number of carbonyl (C=O) groups excluding carboxylic acids is 1. The number of nitrogens with zero attached hydrogens (tertiary/aromatic N) is 1. The second-order valence-electron chi connectivity index (χ2n) is 8.08. The van der Waals surface area contributed by atoms with Gasteiger partial charge in [-0.05, 0) is 76.5 Å². The molecule has 0 aliphatic carbocycles. The minimum Gasteiger partial charge on any atom is -0.497 e. The minimum atomic E-state index is -1.00. The van der Waals surface area contributed by atoms with E-state index in [4.69, 9.17) is 24.1 Å². The van der Waals surface area contributed by atoms with E-state index in [0.29, 0.717) is 39.6 Å². The molecule has 0 saturated carbocycles. The zero-order valence-electron chi connectivity index (χ0n) is 21.6. The molecule has 0 heterocycles. The lowest BCUT2D eigenvalue weighted by molar-refractivity contribution is -0.117. The van der Waals surface area contributed by atoms with Crippen LogP contribution in [0.1, 0.15) is 34.0 Å². The van der Waals surface area contributed by atoms with Crippen LogP contribution in [0.25, 0.3) is 6.08 Å². The number of amides is 1. The Labute approximate surface area is 234 Å². The van der Waals surface area contributed by atoms with Crippen molar-refractivity contribution in [2.75, 3.05) is 20.8 Å². The van der Waals surface area contributed by atoms with Crippen LogP contribution < -0.4 is 24.3 Å². The van der Waals surface area contributed by atoms with Gasteiger partial charge in [-0.25, -0.2) is 4.79 Å². The molecule has 3 aromatic rings. The molecule has 0 aromatic heterocycles. The van der Waals surface area contributed by atoms with Crippen molar-refractivity contribution in [3.05, 3.63) is 86.9 Å². The number of carboxylic acid groups (broad SMARTS) is 1. The van der Waals surface area contributed by atoms with Crippen LogP contribution in [0.5, 0.6) is 23.0 Å². The standard InChI is InChI=1S/C29H27BrN2O7/c1-4-38-26-13-19(12-24(30)27(26)39-17-18-5-7-20(8-6-18)29(34)35)11-22(15-31)28(33)32-16-21-9-10-23(36-2)14-25(21)37-3/h5-14H,4,16-17H2,1-3H3,(H,32,33)(H,34,35)/b22-11+. The second-order valence-corrected chi connectivity index (χ2v) is 8.94. The summed E-state index contributed by atoms with van der Waals surface area (Å²) in [6.45, 7) is 2.51. The van der Waals surface area contributed by atoms with Gasteiger partial charge in [0.1, 0.15) is 29.7 Å². The molecular formula is C29H27BrN2O7. The van der Waals surface area contributed by atoms with Crippen LogP contribution >= 0.6 is 15.9 Å². The van der Waals surface area contributed by atoms with Gasteiger partial charge in [-0.1, -0.05) is 12.1 Å². The van der Waals surface area contributed by atoms with Gasteiger partial charge in [0, 0.05) is 18.2 Å². The van der Waals surface area contributed by atoms with Gasteiger partial charge in [0.15, 0.2) is 11.5 Å². The summed E-state index contributed by atoms with van der Waals surface area (Å²) in [6.07, 6.45) is 1.46. The summed E-state index contributed by atoms with van der Waals surface area (Å²) >= 11 is 3.49. The number of nitrogens with one attached hydrogen (secondary N) is 1. The van der Waals surface area contributed by atoms with Gasteiger partial charge < -0.3 is 29.4 Å². The summed E-state index contributed by atoms with van der Waals surface area (Å²) in [4.78, 5) is 23.9. The Bertz CT molecular complexity index is 1410. The number of hydrogen-bond donors (Lipinski definition) is 2. The number of ether oxygens (including phenoxy) is 4. The predicted molar refractivity (Wildman–Crippen MR) is 148 cm³/mol. The summed E-state index contributed by atoms with van der Waals surface area (Å²) in [5.41, 5.74) is 2.15. The van der Waals surface area contributed by atoms with E-state index in [1.165, 1.54) is 25.3 Å². The molecule has 1 amide bonds. The molecule has 0 unspecified atom stereocenters. The lowest BCUT2D eigenvalue weighted by atomic mass is 10.1. The van der Waals surface area contributed by atoms with Crippen molar-refractivity contribution in [1.82, 2.24) is 5.32 Å². The summed E-state index contributed by atoms with van der Waals surface area (Å²) in [5.74, 6) is 0.481. The summed E-state index contributed by atoms with van der Waals surface area (Å²) < 4.78 is 22.8. The number of carboxylic acids is 1. The lowest BCUT2D eigenvalue weighted by Gasteiger charge is -2.15. The molecule has 3 aromatic carbocycles. The van der Waals surface area contributed by atoms with E-state index < -0.39 is 11.9 Å². The molecular weight excluding hydrogens is 568 g/mol. The molecule has 10 heteroatoms. The number of rotatable bonds is 12. The van der Waals surface area contributed by atoms with E-state index in [9.17, 15) is 14.9 Å². The molecule has 0 atom stereocenters. The first-order chi connectivity index (χ1) is 18.8. The Kier molecular flexibility index (Phi) is 10.3. The average molecular weight is 595 g/mol. The van der Waals surface area contributed by atoms with Crippen molar-refractivity contribution in [1.29, 1.82) is 5.26 Å². The Hall–Kier alpha value is -4.49. The van der Waals surface area contributed by atoms with Gasteiger partial charge in [-0.2, -0.15) is 5.26 Å². The normalized spacial score (nSPS) is 10.8. The number of hydrogen-bond acceptors (Lipinski definition) is 7. The van der Waals surface area contributed by atoms with Crippen LogP contribution in [0.4, 0.5) is 0 Å². The molecule has 0 fully saturated rings. The third-order valence-corrected chi connectivity index (χ3v) is 6.11. The van der Waals surface area contributed by atoms with E-state index in [2.05, 4.69) is 21.2 Å². The van der Waals surface area contributed by atoms with Crippen molar-refractivity contribution in [2.45, 2.75) is 20.1 Å². The van der Waals surface area contributed by atoms with Crippen LogP contribution in [0.3, 0.4) is 0 Å². The number of nitriles is 1. The molecule has 3 rings (SSSR count). The van der Waals surface area contributed by atoms with Crippen molar-refractivity contribution in [3.63, 3.8) is 0 Å². The molecule has 202 valence electrons. The second kappa shape index (κ2) is 13.9. The van der Waals surface area contributed by atoms with E-state index in [1.54, 1.807) is 49.6 Å². The highest BCUT2D eigenvalue weighted by Crippen LogP contribution is 2.38. The Balaban J connectivity index is 1.77. The fourth-order valence-corrected chi connectivity index (χ4v) is 4.13. The topological polar surface area (TPSA) is 127 Å². The highest BCUT2D eigenvalue weighted by molar-refractivity contribution is 9.10. The maximum Gasteiger partial charge on any atom is 0.335 e. The third kappa shape index (κ3) is 7.75. The first-order valence-corrected chi connectivity index (χ1v) is 12.6. The van der Waals surface area contributed by atoms with Crippen molar-refractivity contribution in [2.24, 2.45) is 0 Å². The van der Waals surface area contributed by atoms with Crippen LogP contribution in [-0.2, 0) is 17.9 Å². The summed E-state index contributed by atoms with van der Waals surface area (Å²) in [7, 11) is 3.08. The fourth-order valence-electron chi connectivity index (χ4n) is 3.56. The highest BCUT2D eigenvalue weighted by Gasteiger charge is 2.15. The SMILES string of the molecule is CCOc1cc(/C=C(\C#N)C(=O)NCc2ccc(OC)cc2OC)cc(Br)c1OCc1ccc(C(=O)O)cc1. The molecule has 0 spiro atoms. The number of benzene rings is 3. The third-order valence-electron chi connectivity index (χ3n) is 5.53. The van der Waals surface area contributed by atoms with E-state index >= 15 is 0 Å². The molecule has 0 aliphatic heterocycles. The van der Waals surface area contributed by atoms with Gasteiger partial charge >= 0.3 is 5.97 Å². The molecule has 39 heavy (non-hydrogen) atoms. The maximum atomic E-state index is 12.8. The van der Waals surface area contributed by atoms with Gasteiger partial charge in [0.25, 0.3) is 5.91 Å². The Morgan fingerprint density at radius 1 is 1.03 bits per heavy atom. The Morgan fingerprint density at radius 3 is 2.38 bits per heavy atom. The number of methoxy groups -OCH3 is 2. The zero-order chi connectivity index (χ0) is 28.4. The Morgan fingerprint density at radius 2 is 1.77 bits per heavy atom. The van der Waals surface area contributed by atoms with E-state index in [-0.39, 0.29) is 24.3 Å².